The topological polar surface area (TPSA) is 27.7 Å². The molecule has 3 nitrogen and oxygen atoms in total. The van der Waals surface area contributed by atoms with Crippen LogP contribution >= 0.6 is 0 Å². The number of benzene rings is 1. The molecule has 0 amide bonds. The molecule has 0 aliphatic heterocycles. The maximum Gasteiger partial charge on any atom is 0.191 e. The lowest BCUT2D eigenvalue weighted by Gasteiger charge is -2.26. The maximum atomic E-state index is 5.36. The van der Waals surface area contributed by atoms with Gasteiger partial charge in [-0.2, -0.15) is 0 Å². The molecule has 0 aliphatic carbocycles. The lowest BCUT2D eigenvalue weighted by atomic mass is 10.1. The second kappa shape index (κ2) is 5.14. The first kappa shape index (κ1) is 12.0. The SMILES string of the molecule is CCOc1ccc(C(C)(OC)OC)cc1. The molecule has 1 aromatic rings. The van der Waals surface area contributed by atoms with E-state index in [1.165, 1.54) is 0 Å². The number of hydrogen-bond donors (Lipinski definition) is 0. The van der Waals surface area contributed by atoms with E-state index in [9.17, 15) is 0 Å². The highest BCUT2D eigenvalue weighted by Crippen LogP contribution is 2.26. The fraction of sp³-hybridized carbons (Fsp3) is 0.500. The molecule has 15 heavy (non-hydrogen) atoms. The van der Waals surface area contributed by atoms with Crippen LogP contribution in [0.5, 0.6) is 5.75 Å². The quantitative estimate of drug-likeness (QED) is 0.699. The fourth-order valence-corrected chi connectivity index (χ4v) is 1.34. The second-order valence-electron chi connectivity index (χ2n) is 3.31. The van der Waals surface area contributed by atoms with E-state index in [4.69, 9.17) is 14.2 Å². The molecular weight excluding hydrogens is 192 g/mol. The van der Waals surface area contributed by atoms with Gasteiger partial charge in [-0.05, 0) is 38.1 Å². The van der Waals surface area contributed by atoms with Crippen LogP contribution in [0, 0.1) is 0 Å². The summed E-state index contributed by atoms with van der Waals surface area (Å²) in [7, 11) is 3.25. The van der Waals surface area contributed by atoms with E-state index in [-0.39, 0.29) is 0 Å². The van der Waals surface area contributed by atoms with E-state index >= 15 is 0 Å². The highest BCUT2D eigenvalue weighted by atomic mass is 16.7. The van der Waals surface area contributed by atoms with Crippen LogP contribution in [0.3, 0.4) is 0 Å². The zero-order valence-corrected chi connectivity index (χ0v) is 9.74. The van der Waals surface area contributed by atoms with Crippen molar-refractivity contribution >= 4 is 0 Å². The summed E-state index contributed by atoms with van der Waals surface area (Å²) >= 11 is 0. The molecule has 0 bridgehead atoms. The van der Waals surface area contributed by atoms with Crippen LogP contribution in [0.25, 0.3) is 0 Å². The molecule has 0 aliphatic rings. The van der Waals surface area contributed by atoms with E-state index in [0.29, 0.717) is 6.61 Å². The standard InChI is InChI=1S/C12H18O3/c1-5-15-11-8-6-10(7-9-11)12(2,13-3)14-4/h6-9H,5H2,1-4H3. The minimum absolute atomic E-state index is 0.672. The van der Waals surface area contributed by atoms with Gasteiger partial charge >= 0.3 is 0 Å². The number of rotatable bonds is 5. The van der Waals surface area contributed by atoms with Gasteiger partial charge < -0.3 is 14.2 Å². The van der Waals surface area contributed by atoms with Crippen molar-refractivity contribution < 1.29 is 14.2 Å². The Kier molecular flexibility index (Phi) is 4.12. The number of hydrogen-bond acceptors (Lipinski definition) is 3. The number of ether oxygens (including phenoxy) is 3. The molecule has 0 unspecified atom stereocenters. The van der Waals surface area contributed by atoms with Gasteiger partial charge in [0.1, 0.15) is 5.75 Å². The molecule has 0 radical (unpaired) electrons. The second-order valence-corrected chi connectivity index (χ2v) is 3.31. The first-order chi connectivity index (χ1) is 7.16. The Hall–Kier alpha value is -1.06. The summed E-state index contributed by atoms with van der Waals surface area (Å²) in [5, 5.41) is 0. The van der Waals surface area contributed by atoms with E-state index in [0.717, 1.165) is 11.3 Å². The third-order valence-electron chi connectivity index (χ3n) is 2.47. The highest BCUT2D eigenvalue weighted by molar-refractivity contribution is 5.29. The molecule has 84 valence electrons. The van der Waals surface area contributed by atoms with Crippen molar-refractivity contribution in [1.29, 1.82) is 0 Å². The summed E-state index contributed by atoms with van der Waals surface area (Å²) in [5.41, 5.74) is 0.968. The molecule has 0 saturated heterocycles. The molecule has 0 spiro atoms. The van der Waals surface area contributed by atoms with Crippen LogP contribution in [0.4, 0.5) is 0 Å². The molecule has 3 heteroatoms. The summed E-state index contributed by atoms with van der Waals surface area (Å²) in [6.07, 6.45) is 0. The Bertz CT molecular complexity index is 288. The summed E-state index contributed by atoms with van der Waals surface area (Å²) in [6, 6.07) is 7.71. The van der Waals surface area contributed by atoms with E-state index in [1.54, 1.807) is 14.2 Å². The van der Waals surface area contributed by atoms with Crippen LogP contribution in [-0.4, -0.2) is 20.8 Å². The average Bonchev–Trinajstić information content (AvgIpc) is 2.29. The van der Waals surface area contributed by atoms with Gasteiger partial charge in [0.2, 0.25) is 0 Å². The Balaban J connectivity index is 2.87. The third kappa shape index (κ3) is 2.70. The monoisotopic (exact) mass is 210 g/mol. The highest BCUT2D eigenvalue weighted by Gasteiger charge is 2.25. The molecule has 0 heterocycles. The summed E-state index contributed by atoms with van der Waals surface area (Å²) < 4.78 is 16.0. The normalized spacial score (nSPS) is 11.5. The first-order valence-electron chi connectivity index (χ1n) is 5.00. The van der Waals surface area contributed by atoms with Crippen molar-refractivity contribution in [2.45, 2.75) is 19.6 Å². The predicted octanol–water partition coefficient (Wildman–Crippen LogP) is 2.55. The minimum Gasteiger partial charge on any atom is -0.494 e. The summed E-state index contributed by atoms with van der Waals surface area (Å²) in [4.78, 5) is 0. The summed E-state index contributed by atoms with van der Waals surface area (Å²) in [5.74, 6) is 0.167. The Morgan fingerprint density at radius 2 is 1.60 bits per heavy atom. The molecule has 0 atom stereocenters. The van der Waals surface area contributed by atoms with Crippen molar-refractivity contribution in [2.24, 2.45) is 0 Å². The van der Waals surface area contributed by atoms with Crippen LogP contribution in [0.1, 0.15) is 19.4 Å². The van der Waals surface area contributed by atoms with Crippen molar-refractivity contribution in [3.63, 3.8) is 0 Å². The molecule has 0 aromatic heterocycles. The lowest BCUT2D eigenvalue weighted by Crippen LogP contribution is -2.26. The molecule has 1 rings (SSSR count). The van der Waals surface area contributed by atoms with Crippen molar-refractivity contribution in [3.8, 4) is 5.75 Å². The third-order valence-corrected chi connectivity index (χ3v) is 2.47. The first-order valence-corrected chi connectivity index (χ1v) is 5.00. The van der Waals surface area contributed by atoms with Gasteiger partial charge in [-0.15, -0.1) is 0 Å². The van der Waals surface area contributed by atoms with Gasteiger partial charge in [0, 0.05) is 19.8 Å². The Morgan fingerprint density at radius 3 is 2.00 bits per heavy atom. The lowest BCUT2D eigenvalue weighted by molar-refractivity contribution is -0.201. The molecule has 0 saturated carbocycles. The van der Waals surface area contributed by atoms with E-state index in [1.807, 2.05) is 38.1 Å². The number of methoxy groups -OCH3 is 2. The van der Waals surface area contributed by atoms with Gasteiger partial charge in [0.15, 0.2) is 5.79 Å². The Labute approximate surface area is 91.0 Å². The largest absolute Gasteiger partial charge is 0.494 e. The van der Waals surface area contributed by atoms with Crippen LogP contribution in [-0.2, 0) is 15.3 Å². The van der Waals surface area contributed by atoms with Gasteiger partial charge in [0.05, 0.1) is 6.61 Å². The Morgan fingerprint density at radius 1 is 1.07 bits per heavy atom. The zero-order valence-electron chi connectivity index (χ0n) is 9.74. The van der Waals surface area contributed by atoms with Gasteiger partial charge in [-0.25, -0.2) is 0 Å². The van der Waals surface area contributed by atoms with Crippen LogP contribution < -0.4 is 4.74 Å². The van der Waals surface area contributed by atoms with Gasteiger partial charge in [0.25, 0.3) is 0 Å². The average molecular weight is 210 g/mol. The molecule has 0 N–H and O–H groups in total. The smallest absolute Gasteiger partial charge is 0.191 e. The van der Waals surface area contributed by atoms with Crippen molar-refractivity contribution in [2.75, 3.05) is 20.8 Å². The van der Waals surface area contributed by atoms with Crippen molar-refractivity contribution in [1.82, 2.24) is 0 Å². The van der Waals surface area contributed by atoms with E-state index in [2.05, 4.69) is 0 Å². The van der Waals surface area contributed by atoms with Crippen LogP contribution in [0.15, 0.2) is 24.3 Å². The van der Waals surface area contributed by atoms with Gasteiger partial charge in [-0.1, -0.05) is 0 Å². The summed E-state index contributed by atoms with van der Waals surface area (Å²) in [6.45, 7) is 4.51. The van der Waals surface area contributed by atoms with E-state index < -0.39 is 5.79 Å². The molecule has 0 fully saturated rings. The minimum atomic E-state index is -0.690. The predicted molar refractivity (Wildman–Crippen MR) is 59.0 cm³/mol. The molecule has 1 aromatic carbocycles. The van der Waals surface area contributed by atoms with Crippen molar-refractivity contribution in [3.05, 3.63) is 29.8 Å². The van der Waals surface area contributed by atoms with Gasteiger partial charge in [-0.3, -0.25) is 0 Å². The molecular formula is C12H18O3. The maximum absolute atomic E-state index is 5.36. The van der Waals surface area contributed by atoms with Crippen LogP contribution in [0.2, 0.25) is 0 Å². The fourth-order valence-electron chi connectivity index (χ4n) is 1.34. The zero-order chi connectivity index (χ0) is 11.3.